The summed E-state index contributed by atoms with van der Waals surface area (Å²) in [6.07, 6.45) is 7.01. The van der Waals surface area contributed by atoms with Crippen LogP contribution >= 0.6 is 0 Å². The van der Waals surface area contributed by atoms with Gasteiger partial charge in [0.2, 0.25) is 0 Å². The molecule has 4 heteroatoms. The number of aliphatic carboxylic acids is 1. The lowest BCUT2D eigenvalue weighted by molar-refractivity contribution is -0.144. The van der Waals surface area contributed by atoms with E-state index in [-0.39, 0.29) is 0 Å². The molecule has 1 unspecified atom stereocenters. The molecule has 0 radical (unpaired) electrons. The van der Waals surface area contributed by atoms with Gasteiger partial charge in [-0.3, -0.25) is 4.79 Å². The summed E-state index contributed by atoms with van der Waals surface area (Å²) < 4.78 is 0. The Bertz CT molecular complexity index is 197. The second kappa shape index (κ2) is 8.53. The molecule has 0 heterocycles. The van der Waals surface area contributed by atoms with Crippen LogP contribution < -0.4 is 11.5 Å². The summed E-state index contributed by atoms with van der Waals surface area (Å²) in [6.45, 7) is 2.76. The first-order valence-electron chi connectivity index (χ1n) is 6.29. The maximum atomic E-state index is 11.1. The summed E-state index contributed by atoms with van der Waals surface area (Å²) in [7, 11) is 0. The molecule has 16 heavy (non-hydrogen) atoms. The third kappa shape index (κ3) is 6.08. The van der Waals surface area contributed by atoms with E-state index in [1.54, 1.807) is 0 Å². The number of unbranched alkanes of at least 4 members (excludes halogenated alkanes) is 4. The number of hydrogen-bond donors (Lipinski definition) is 3. The lowest BCUT2D eigenvalue weighted by Crippen LogP contribution is -2.47. The second-order valence-electron chi connectivity index (χ2n) is 4.52. The monoisotopic (exact) mass is 230 g/mol. The molecule has 1 atom stereocenters. The summed E-state index contributed by atoms with van der Waals surface area (Å²) in [4.78, 5) is 11.1. The van der Waals surface area contributed by atoms with E-state index in [2.05, 4.69) is 0 Å². The fraction of sp³-hybridized carbons (Fsp3) is 0.917. The molecule has 0 saturated carbocycles. The van der Waals surface area contributed by atoms with Crippen molar-refractivity contribution in [1.82, 2.24) is 0 Å². The molecule has 0 aliphatic heterocycles. The van der Waals surface area contributed by atoms with Crippen LogP contribution in [0.2, 0.25) is 0 Å². The van der Waals surface area contributed by atoms with Crippen molar-refractivity contribution < 1.29 is 9.90 Å². The van der Waals surface area contributed by atoms with Crippen LogP contribution in [0, 0.1) is 0 Å². The van der Waals surface area contributed by atoms with Gasteiger partial charge >= 0.3 is 5.97 Å². The maximum absolute atomic E-state index is 11.1. The van der Waals surface area contributed by atoms with Crippen molar-refractivity contribution in [2.24, 2.45) is 11.5 Å². The van der Waals surface area contributed by atoms with Gasteiger partial charge in [-0.15, -0.1) is 0 Å². The van der Waals surface area contributed by atoms with Crippen molar-refractivity contribution in [1.29, 1.82) is 0 Å². The summed E-state index contributed by atoms with van der Waals surface area (Å²) in [5, 5.41) is 9.12. The average molecular weight is 230 g/mol. The molecular weight excluding hydrogens is 204 g/mol. The van der Waals surface area contributed by atoms with Gasteiger partial charge in [0, 0.05) is 0 Å². The van der Waals surface area contributed by atoms with Gasteiger partial charge in [-0.2, -0.15) is 0 Å². The Morgan fingerprint density at radius 3 is 2.19 bits per heavy atom. The van der Waals surface area contributed by atoms with Gasteiger partial charge in [0.1, 0.15) is 5.54 Å². The van der Waals surface area contributed by atoms with Crippen molar-refractivity contribution >= 4 is 5.97 Å². The highest BCUT2D eigenvalue weighted by atomic mass is 16.4. The van der Waals surface area contributed by atoms with E-state index in [1.807, 2.05) is 6.92 Å². The van der Waals surface area contributed by atoms with Crippen molar-refractivity contribution in [2.75, 3.05) is 6.54 Å². The molecule has 0 saturated heterocycles. The molecule has 0 fully saturated rings. The van der Waals surface area contributed by atoms with Crippen LogP contribution in [-0.2, 0) is 4.79 Å². The Labute approximate surface area is 98.4 Å². The van der Waals surface area contributed by atoms with E-state index in [0.29, 0.717) is 19.4 Å². The Balaban J connectivity index is 3.88. The van der Waals surface area contributed by atoms with E-state index >= 15 is 0 Å². The molecular formula is C12H26N2O2. The summed E-state index contributed by atoms with van der Waals surface area (Å²) in [5.74, 6) is -0.861. The van der Waals surface area contributed by atoms with Crippen LogP contribution in [0.4, 0.5) is 0 Å². The highest BCUT2D eigenvalue weighted by Crippen LogP contribution is 2.20. The Hall–Kier alpha value is -0.610. The van der Waals surface area contributed by atoms with Crippen LogP contribution in [0.1, 0.15) is 58.3 Å². The first-order valence-corrected chi connectivity index (χ1v) is 6.29. The van der Waals surface area contributed by atoms with Gasteiger partial charge < -0.3 is 16.6 Å². The molecule has 0 bridgehead atoms. The van der Waals surface area contributed by atoms with Gasteiger partial charge in [0.15, 0.2) is 0 Å². The summed E-state index contributed by atoms with van der Waals surface area (Å²) in [5.41, 5.74) is 10.3. The molecule has 0 aromatic rings. The number of carboxylic acid groups (broad SMARTS) is 1. The molecule has 0 aromatic heterocycles. The van der Waals surface area contributed by atoms with Gasteiger partial charge in [-0.1, -0.05) is 39.0 Å². The topological polar surface area (TPSA) is 89.3 Å². The lowest BCUT2D eigenvalue weighted by Gasteiger charge is -2.24. The van der Waals surface area contributed by atoms with E-state index in [9.17, 15) is 4.79 Å². The van der Waals surface area contributed by atoms with Crippen LogP contribution in [0.5, 0.6) is 0 Å². The number of nitrogens with two attached hydrogens (primary N) is 2. The molecule has 4 nitrogen and oxygen atoms in total. The minimum absolute atomic E-state index is 0.576. The lowest BCUT2D eigenvalue weighted by atomic mass is 9.88. The minimum atomic E-state index is -1.02. The SMILES string of the molecule is CCCCC(N)(CCCCCCN)C(=O)O. The van der Waals surface area contributed by atoms with Crippen LogP contribution in [0.3, 0.4) is 0 Å². The summed E-state index contributed by atoms with van der Waals surface area (Å²) in [6, 6.07) is 0. The number of hydrogen-bond acceptors (Lipinski definition) is 3. The Morgan fingerprint density at radius 1 is 1.12 bits per heavy atom. The Morgan fingerprint density at radius 2 is 1.69 bits per heavy atom. The van der Waals surface area contributed by atoms with Gasteiger partial charge in [0.05, 0.1) is 0 Å². The highest BCUT2D eigenvalue weighted by molar-refractivity contribution is 5.78. The van der Waals surface area contributed by atoms with E-state index in [0.717, 1.165) is 38.5 Å². The highest BCUT2D eigenvalue weighted by Gasteiger charge is 2.32. The third-order valence-corrected chi connectivity index (χ3v) is 2.98. The summed E-state index contributed by atoms with van der Waals surface area (Å²) >= 11 is 0. The second-order valence-corrected chi connectivity index (χ2v) is 4.52. The molecule has 5 N–H and O–H groups in total. The van der Waals surface area contributed by atoms with Crippen LogP contribution in [0.15, 0.2) is 0 Å². The molecule has 0 rings (SSSR count). The maximum Gasteiger partial charge on any atom is 0.323 e. The predicted molar refractivity (Wildman–Crippen MR) is 66.2 cm³/mol. The van der Waals surface area contributed by atoms with Crippen molar-refractivity contribution in [3.63, 3.8) is 0 Å². The Kier molecular flexibility index (Phi) is 8.21. The van der Waals surface area contributed by atoms with Gasteiger partial charge in [-0.25, -0.2) is 0 Å². The van der Waals surface area contributed by atoms with E-state index < -0.39 is 11.5 Å². The molecule has 0 spiro atoms. The number of rotatable bonds is 10. The predicted octanol–water partition coefficient (Wildman–Crippen LogP) is 1.87. The molecule has 96 valence electrons. The van der Waals surface area contributed by atoms with Crippen molar-refractivity contribution in [3.05, 3.63) is 0 Å². The smallest absolute Gasteiger partial charge is 0.323 e. The van der Waals surface area contributed by atoms with Crippen molar-refractivity contribution in [3.8, 4) is 0 Å². The van der Waals surface area contributed by atoms with Crippen molar-refractivity contribution in [2.45, 2.75) is 63.8 Å². The zero-order chi connectivity index (χ0) is 12.4. The minimum Gasteiger partial charge on any atom is -0.480 e. The molecule has 0 aliphatic carbocycles. The fourth-order valence-corrected chi connectivity index (χ4v) is 1.77. The fourth-order valence-electron chi connectivity index (χ4n) is 1.77. The quantitative estimate of drug-likeness (QED) is 0.500. The van der Waals surface area contributed by atoms with Gasteiger partial charge in [0.25, 0.3) is 0 Å². The third-order valence-electron chi connectivity index (χ3n) is 2.98. The molecule has 0 aliphatic rings. The first-order chi connectivity index (χ1) is 7.56. The molecule has 0 amide bonds. The normalized spacial score (nSPS) is 14.7. The first kappa shape index (κ1) is 15.4. The largest absolute Gasteiger partial charge is 0.480 e. The number of carboxylic acids is 1. The van der Waals surface area contributed by atoms with E-state index in [4.69, 9.17) is 16.6 Å². The van der Waals surface area contributed by atoms with Crippen LogP contribution in [-0.4, -0.2) is 23.2 Å². The van der Waals surface area contributed by atoms with Crippen LogP contribution in [0.25, 0.3) is 0 Å². The van der Waals surface area contributed by atoms with Gasteiger partial charge in [-0.05, 0) is 25.8 Å². The van der Waals surface area contributed by atoms with E-state index in [1.165, 1.54) is 0 Å². The number of carbonyl (C=O) groups is 1. The molecule has 0 aromatic carbocycles. The zero-order valence-electron chi connectivity index (χ0n) is 10.4. The zero-order valence-corrected chi connectivity index (χ0v) is 10.4. The average Bonchev–Trinajstić information content (AvgIpc) is 2.26. The standard InChI is InChI=1S/C12H26N2O2/c1-2-3-8-12(14,11(15)16)9-6-4-5-7-10-13/h2-10,13-14H2,1H3,(H,15,16).